The van der Waals surface area contributed by atoms with Crippen molar-refractivity contribution in [3.63, 3.8) is 0 Å². The number of likely N-dealkylation sites (N-methyl/N-ethyl adjacent to an activating group) is 1. The van der Waals surface area contributed by atoms with Crippen molar-refractivity contribution in [2.75, 3.05) is 25.4 Å². The molecule has 1 aromatic rings. The molecule has 1 aliphatic rings. The molecule has 120 valence electrons. The van der Waals surface area contributed by atoms with Crippen molar-refractivity contribution in [2.45, 2.75) is 50.6 Å². The Kier molecular flexibility index (Phi) is 5.23. The Balaban J connectivity index is 2.11. The molecule has 1 unspecified atom stereocenters. The number of hydrogen-bond acceptors (Lipinski definition) is 5. The number of nitrogens with two attached hydrogens (primary N) is 1. The highest BCUT2D eigenvalue weighted by molar-refractivity contribution is 7.89. The molecule has 0 saturated carbocycles. The van der Waals surface area contributed by atoms with Crippen LogP contribution in [0, 0.1) is 0 Å². The third-order valence-electron chi connectivity index (χ3n) is 3.77. The molecule has 0 radical (unpaired) electrons. The van der Waals surface area contributed by atoms with Crippen LogP contribution in [0.4, 0.5) is 5.82 Å². The highest BCUT2D eigenvalue weighted by atomic mass is 32.2. The van der Waals surface area contributed by atoms with E-state index in [1.54, 1.807) is 4.68 Å². The normalized spacial score (nSPS) is 20.8. The zero-order chi connectivity index (χ0) is 15.5. The maximum absolute atomic E-state index is 12.5. The number of anilines is 1. The summed E-state index contributed by atoms with van der Waals surface area (Å²) in [6.07, 6.45) is 4.26. The number of nitrogens with zero attached hydrogens (tertiary/aromatic N) is 3. The fourth-order valence-electron chi connectivity index (χ4n) is 2.69. The second kappa shape index (κ2) is 6.76. The molecule has 0 amide bonds. The van der Waals surface area contributed by atoms with Crippen LogP contribution in [0.5, 0.6) is 0 Å². The molecule has 1 saturated heterocycles. The van der Waals surface area contributed by atoms with E-state index in [0.29, 0.717) is 6.54 Å². The topological polar surface area (TPSA) is 93.2 Å². The SMILES string of the molecule is CCCn1cc(S(=O)(=O)NC2CCCN(CC)C2)c(N)n1. The number of nitrogen functional groups attached to an aromatic ring is 1. The molecular formula is C13H25N5O2S. The molecule has 2 rings (SSSR count). The highest BCUT2D eigenvalue weighted by Crippen LogP contribution is 2.19. The summed E-state index contributed by atoms with van der Waals surface area (Å²) in [7, 11) is -3.60. The molecule has 1 atom stereocenters. The average Bonchev–Trinajstić information content (AvgIpc) is 2.81. The van der Waals surface area contributed by atoms with Gasteiger partial charge in [-0.25, -0.2) is 13.1 Å². The van der Waals surface area contributed by atoms with Crippen LogP contribution in [0.25, 0.3) is 0 Å². The van der Waals surface area contributed by atoms with Crippen LogP contribution in [-0.2, 0) is 16.6 Å². The van der Waals surface area contributed by atoms with Gasteiger partial charge in [0.1, 0.15) is 4.90 Å². The molecule has 2 heterocycles. The number of piperidine rings is 1. The van der Waals surface area contributed by atoms with Gasteiger partial charge in [0.2, 0.25) is 10.0 Å². The van der Waals surface area contributed by atoms with Gasteiger partial charge in [0.25, 0.3) is 0 Å². The van der Waals surface area contributed by atoms with Crippen molar-refractivity contribution in [3.8, 4) is 0 Å². The summed E-state index contributed by atoms with van der Waals surface area (Å²) in [5.74, 6) is 0.0686. The third-order valence-corrected chi connectivity index (χ3v) is 5.31. The van der Waals surface area contributed by atoms with E-state index in [9.17, 15) is 8.42 Å². The number of aryl methyl sites for hydroxylation is 1. The van der Waals surface area contributed by atoms with Crippen molar-refractivity contribution < 1.29 is 8.42 Å². The van der Waals surface area contributed by atoms with Gasteiger partial charge in [-0.15, -0.1) is 0 Å². The number of rotatable bonds is 6. The predicted octanol–water partition coefficient (Wildman–Crippen LogP) is 0.638. The minimum atomic E-state index is -3.60. The standard InChI is InChI=1S/C13H25N5O2S/c1-3-7-18-10-12(13(14)15-18)21(19,20)16-11-6-5-8-17(4-2)9-11/h10-11,16H,3-9H2,1-2H3,(H2,14,15). The zero-order valence-corrected chi connectivity index (χ0v) is 13.6. The molecule has 3 N–H and O–H groups in total. The van der Waals surface area contributed by atoms with E-state index in [1.165, 1.54) is 6.20 Å². The molecule has 7 nitrogen and oxygen atoms in total. The number of aromatic nitrogens is 2. The van der Waals surface area contributed by atoms with Crippen LogP contribution >= 0.6 is 0 Å². The summed E-state index contributed by atoms with van der Waals surface area (Å²) in [6, 6.07) is -0.0578. The first-order valence-corrected chi connectivity index (χ1v) is 9.02. The van der Waals surface area contributed by atoms with Crippen molar-refractivity contribution in [1.82, 2.24) is 19.4 Å². The lowest BCUT2D eigenvalue weighted by molar-refractivity contribution is 0.211. The second-order valence-corrected chi connectivity index (χ2v) is 7.18. The van der Waals surface area contributed by atoms with Crippen LogP contribution in [0.1, 0.15) is 33.1 Å². The van der Waals surface area contributed by atoms with Gasteiger partial charge in [-0.2, -0.15) is 5.10 Å². The van der Waals surface area contributed by atoms with Crippen LogP contribution in [0.3, 0.4) is 0 Å². The van der Waals surface area contributed by atoms with Crippen molar-refractivity contribution >= 4 is 15.8 Å². The van der Waals surface area contributed by atoms with Gasteiger partial charge >= 0.3 is 0 Å². The monoisotopic (exact) mass is 315 g/mol. The summed E-state index contributed by atoms with van der Waals surface area (Å²) in [5, 5.41) is 4.06. The first-order chi connectivity index (χ1) is 9.96. The third kappa shape index (κ3) is 3.96. The van der Waals surface area contributed by atoms with E-state index in [0.717, 1.165) is 38.9 Å². The fraction of sp³-hybridized carbons (Fsp3) is 0.769. The van der Waals surface area contributed by atoms with Crippen LogP contribution < -0.4 is 10.5 Å². The smallest absolute Gasteiger partial charge is 0.246 e. The van der Waals surface area contributed by atoms with Crippen molar-refractivity contribution in [1.29, 1.82) is 0 Å². The Morgan fingerprint density at radius 1 is 1.48 bits per heavy atom. The first-order valence-electron chi connectivity index (χ1n) is 7.54. The Hall–Kier alpha value is -1.12. The highest BCUT2D eigenvalue weighted by Gasteiger charge is 2.27. The summed E-state index contributed by atoms with van der Waals surface area (Å²) >= 11 is 0. The average molecular weight is 315 g/mol. The minimum Gasteiger partial charge on any atom is -0.381 e. The zero-order valence-electron chi connectivity index (χ0n) is 12.7. The molecule has 1 aliphatic heterocycles. The minimum absolute atomic E-state index is 0.0578. The van der Waals surface area contributed by atoms with Gasteiger partial charge in [-0.3, -0.25) is 4.68 Å². The van der Waals surface area contributed by atoms with E-state index in [4.69, 9.17) is 5.73 Å². The van der Waals surface area contributed by atoms with E-state index in [2.05, 4.69) is 21.6 Å². The molecule has 21 heavy (non-hydrogen) atoms. The lowest BCUT2D eigenvalue weighted by Gasteiger charge is -2.31. The van der Waals surface area contributed by atoms with Crippen LogP contribution in [-0.4, -0.2) is 48.8 Å². The first kappa shape index (κ1) is 16.3. The number of likely N-dealkylation sites (tertiary alicyclic amines) is 1. The molecule has 8 heteroatoms. The quantitative estimate of drug-likeness (QED) is 0.803. The Morgan fingerprint density at radius 2 is 2.24 bits per heavy atom. The van der Waals surface area contributed by atoms with Gasteiger partial charge in [0.05, 0.1) is 0 Å². The molecular weight excluding hydrogens is 290 g/mol. The molecule has 1 aromatic heterocycles. The van der Waals surface area contributed by atoms with Gasteiger partial charge in [0.15, 0.2) is 5.82 Å². The maximum atomic E-state index is 12.5. The Labute approximate surface area is 126 Å². The number of sulfonamides is 1. The van der Waals surface area contributed by atoms with Crippen LogP contribution in [0.15, 0.2) is 11.1 Å². The van der Waals surface area contributed by atoms with Gasteiger partial charge in [0, 0.05) is 25.3 Å². The molecule has 1 fully saturated rings. The lowest BCUT2D eigenvalue weighted by Crippen LogP contribution is -2.47. The van der Waals surface area contributed by atoms with E-state index in [-0.39, 0.29) is 16.8 Å². The molecule has 0 aliphatic carbocycles. The van der Waals surface area contributed by atoms with Gasteiger partial charge in [-0.1, -0.05) is 13.8 Å². The van der Waals surface area contributed by atoms with Gasteiger partial charge < -0.3 is 10.6 Å². The van der Waals surface area contributed by atoms with Crippen molar-refractivity contribution in [3.05, 3.63) is 6.20 Å². The fourth-order valence-corrected chi connectivity index (χ4v) is 4.03. The van der Waals surface area contributed by atoms with Crippen molar-refractivity contribution in [2.24, 2.45) is 0 Å². The molecule has 0 aromatic carbocycles. The predicted molar refractivity (Wildman–Crippen MR) is 82.4 cm³/mol. The largest absolute Gasteiger partial charge is 0.381 e. The summed E-state index contributed by atoms with van der Waals surface area (Å²) in [6.45, 7) is 7.47. The number of nitrogens with one attached hydrogen (secondary N) is 1. The molecule has 0 bridgehead atoms. The Bertz CT molecular complexity index is 569. The summed E-state index contributed by atoms with van der Waals surface area (Å²) in [5.41, 5.74) is 5.75. The number of hydrogen-bond donors (Lipinski definition) is 2. The van der Waals surface area contributed by atoms with Gasteiger partial charge in [-0.05, 0) is 32.4 Å². The van der Waals surface area contributed by atoms with E-state index >= 15 is 0 Å². The maximum Gasteiger partial charge on any atom is 0.246 e. The summed E-state index contributed by atoms with van der Waals surface area (Å²) < 4.78 is 29.3. The second-order valence-electron chi connectivity index (χ2n) is 5.50. The van der Waals surface area contributed by atoms with E-state index in [1.807, 2.05) is 6.92 Å². The summed E-state index contributed by atoms with van der Waals surface area (Å²) in [4.78, 5) is 2.34. The van der Waals surface area contributed by atoms with E-state index < -0.39 is 10.0 Å². The molecule has 0 spiro atoms. The lowest BCUT2D eigenvalue weighted by atomic mass is 10.1. The Morgan fingerprint density at radius 3 is 2.90 bits per heavy atom. The van der Waals surface area contributed by atoms with Crippen LogP contribution in [0.2, 0.25) is 0 Å².